The maximum Gasteiger partial charge on any atom is 0.0480 e. The zero-order valence-corrected chi connectivity index (χ0v) is 11.0. The van der Waals surface area contributed by atoms with Crippen LogP contribution >= 0.6 is 0 Å². The van der Waals surface area contributed by atoms with Crippen LogP contribution in [0.25, 0.3) is 0 Å². The van der Waals surface area contributed by atoms with E-state index in [4.69, 9.17) is 4.74 Å². The van der Waals surface area contributed by atoms with Crippen molar-refractivity contribution in [1.29, 1.82) is 0 Å². The molecule has 0 aromatic heterocycles. The molecule has 0 saturated heterocycles. The second-order valence-corrected chi connectivity index (χ2v) is 4.56. The third-order valence-electron chi connectivity index (χ3n) is 2.68. The van der Waals surface area contributed by atoms with Crippen molar-refractivity contribution in [1.82, 2.24) is 5.32 Å². The first kappa shape index (κ1) is 14.9. The van der Waals surface area contributed by atoms with Gasteiger partial charge in [-0.15, -0.1) is 0 Å². The Morgan fingerprint density at radius 2 is 1.80 bits per heavy atom. The van der Waals surface area contributed by atoms with E-state index >= 15 is 0 Å². The van der Waals surface area contributed by atoms with E-state index in [-0.39, 0.29) is 0 Å². The summed E-state index contributed by atoms with van der Waals surface area (Å²) in [5, 5.41) is 3.58. The summed E-state index contributed by atoms with van der Waals surface area (Å²) in [7, 11) is 0. The van der Waals surface area contributed by atoms with Crippen molar-refractivity contribution in [2.24, 2.45) is 5.92 Å². The molecule has 1 N–H and O–H groups in total. The standard InChI is InChI=1S/C13H29NO/c1-5-7-10-15-11-8-13(12(3)4)14-9-6-2/h12-14H,5-11H2,1-4H3. The first-order valence-corrected chi connectivity index (χ1v) is 6.53. The van der Waals surface area contributed by atoms with E-state index in [0.717, 1.165) is 26.2 Å². The van der Waals surface area contributed by atoms with E-state index in [0.29, 0.717) is 12.0 Å². The number of hydrogen-bond acceptors (Lipinski definition) is 2. The molecule has 0 rings (SSSR count). The first-order chi connectivity index (χ1) is 7.22. The summed E-state index contributed by atoms with van der Waals surface area (Å²) < 4.78 is 5.59. The molecule has 0 aliphatic heterocycles. The second kappa shape index (κ2) is 10.4. The highest BCUT2D eigenvalue weighted by atomic mass is 16.5. The van der Waals surface area contributed by atoms with Gasteiger partial charge >= 0.3 is 0 Å². The minimum Gasteiger partial charge on any atom is -0.381 e. The smallest absolute Gasteiger partial charge is 0.0480 e. The zero-order valence-electron chi connectivity index (χ0n) is 11.0. The predicted octanol–water partition coefficient (Wildman–Crippen LogP) is 3.22. The van der Waals surface area contributed by atoms with Gasteiger partial charge < -0.3 is 10.1 Å². The minimum absolute atomic E-state index is 0.617. The van der Waals surface area contributed by atoms with E-state index in [1.807, 2.05) is 0 Å². The van der Waals surface area contributed by atoms with Gasteiger partial charge in [0.25, 0.3) is 0 Å². The summed E-state index contributed by atoms with van der Waals surface area (Å²) in [6.45, 7) is 11.9. The van der Waals surface area contributed by atoms with Crippen molar-refractivity contribution < 1.29 is 4.74 Å². The van der Waals surface area contributed by atoms with Crippen molar-refractivity contribution in [3.63, 3.8) is 0 Å². The van der Waals surface area contributed by atoms with Gasteiger partial charge in [-0.1, -0.05) is 34.1 Å². The molecule has 92 valence electrons. The Kier molecular flexibility index (Phi) is 10.4. The fourth-order valence-corrected chi connectivity index (χ4v) is 1.56. The summed E-state index contributed by atoms with van der Waals surface area (Å²) in [5.74, 6) is 0.700. The van der Waals surface area contributed by atoms with Crippen LogP contribution in [0.5, 0.6) is 0 Å². The van der Waals surface area contributed by atoms with Gasteiger partial charge in [0.1, 0.15) is 0 Å². The second-order valence-electron chi connectivity index (χ2n) is 4.56. The van der Waals surface area contributed by atoms with Crippen molar-refractivity contribution in [3.05, 3.63) is 0 Å². The van der Waals surface area contributed by atoms with Gasteiger partial charge in [-0.2, -0.15) is 0 Å². The molecule has 0 radical (unpaired) electrons. The third kappa shape index (κ3) is 8.88. The molecular weight excluding hydrogens is 186 g/mol. The summed E-state index contributed by atoms with van der Waals surface area (Å²) in [6, 6.07) is 0.617. The van der Waals surface area contributed by atoms with Crippen LogP contribution in [0.15, 0.2) is 0 Å². The molecule has 0 amide bonds. The maximum atomic E-state index is 5.59. The lowest BCUT2D eigenvalue weighted by molar-refractivity contribution is 0.116. The molecule has 0 bridgehead atoms. The lowest BCUT2D eigenvalue weighted by atomic mass is 10.0. The Bertz CT molecular complexity index is 126. The molecular formula is C13H29NO. The van der Waals surface area contributed by atoms with E-state index in [1.165, 1.54) is 19.3 Å². The van der Waals surface area contributed by atoms with Crippen LogP contribution in [-0.4, -0.2) is 25.8 Å². The molecule has 0 spiro atoms. The van der Waals surface area contributed by atoms with Crippen molar-refractivity contribution >= 4 is 0 Å². The highest BCUT2D eigenvalue weighted by molar-refractivity contribution is 4.69. The van der Waals surface area contributed by atoms with Crippen LogP contribution in [0.3, 0.4) is 0 Å². The van der Waals surface area contributed by atoms with Gasteiger partial charge in [-0.25, -0.2) is 0 Å². The van der Waals surface area contributed by atoms with Crippen LogP contribution in [0, 0.1) is 5.92 Å². The molecule has 1 unspecified atom stereocenters. The quantitative estimate of drug-likeness (QED) is 0.565. The number of rotatable bonds is 10. The summed E-state index contributed by atoms with van der Waals surface area (Å²) in [6.07, 6.45) is 4.76. The maximum absolute atomic E-state index is 5.59. The normalized spacial score (nSPS) is 13.4. The van der Waals surface area contributed by atoms with Crippen LogP contribution < -0.4 is 5.32 Å². The van der Waals surface area contributed by atoms with Gasteiger partial charge in [-0.05, 0) is 31.7 Å². The van der Waals surface area contributed by atoms with Gasteiger partial charge in [0.15, 0.2) is 0 Å². The topological polar surface area (TPSA) is 21.3 Å². The highest BCUT2D eigenvalue weighted by Crippen LogP contribution is 2.06. The first-order valence-electron chi connectivity index (χ1n) is 6.53. The van der Waals surface area contributed by atoms with Gasteiger partial charge in [0, 0.05) is 19.3 Å². The summed E-state index contributed by atoms with van der Waals surface area (Å²) in [5.41, 5.74) is 0. The Morgan fingerprint density at radius 1 is 1.07 bits per heavy atom. The van der Waals surface area contributed by atoms with Crippen molar-refractivity contribution in [2.45, 2.75) is 59.4 Å². The van der Waals surface area contributed by atoms with Crippen molar-refractivity contribution in [3.8, 4) is 0 Å². The van der Waals surface area contributed by atoms with Gasteiger partial charge in [0.2, 0.25) is 0 Å². The summed E-state index contributed by atoms with van der Waals surface area (Å²) >= 11 is 0. The fraction of sp³-hybridized carbons (Fsp3) is 1.00. The molecule has 0 heterocycles. The molecule has 1 atom stereocenters. The Morgan fingerprint density at radius 3 is 2.33 bits per heavy atom. The van der Waals surface area contributed by atoms with Crippen LogP contribution in [-0.2, 0) is 4.74 Å². The number of nitrogens with one attached hydrogen (secondary N) is 1. The number of unbranched alkanes of at least 4 members (excludes halogenated alkanes) is 1. The van der Waals surface area contributed by atoms with Crippen molar-refractivity contribution in [2.75, 3.05) is 19.8 Å². The molecule has 0 saturated carbocycles. The Balaban J connectivity index is 3.48. The van der Waals surface area contributed by atoms with E-state index < -0.39 is 0 Å². The average molecular weight is 215 g/mol. The van der Waals surface area contributed by atoms with E-state index in [1.54, 1.807) is 0 Å². The predicted molar refractivity (Wildman–Crippen MR) is 67.3 cm³/mol. The highest BCUT2D eigenvalue weighted by Gasteiger charge is 2.11. The van der Waals surface area contributed by atoms with Crippen LogP contribution in [0.4, 0.5) is 0 Å². The molecule has 2 heteroatoms. The minimum atomic E-state index is 0.617. The molecule has 0 aliphatic rings. The number of hydrogen-bond donors (Lipinski definition) is 1. The van der Waals surface area contributed by atoms with E-state index in [9.17, 15) is 0 Å². The third-order valence-corrected chi connectivity index (χ3v) is 2.68. The zero-order chi connectivity index (χ0) is 11.5. The fourth-order valence-electron chi connectivity index (χ4n) is 1.56. The largest absolute Gasteiger partial charge is 0.381 e. The van der Waals surface area contributed by atoms with Crippen LogP contribution in [0.1, 0.15) is 53.4 Å². The van der Waals surface area contributed by atoms with E-state index in [2.05, 4.69) is 33.0 Å². The molecule has 0 aromatic rings. The lowest BCUT2D eigenvalue weighted by Gasteiger charge is -2.22. The van der Waals surface area contributed by atoms with Crippen LogP contribution in [0.2, 0.25) is 0 Å². The molecule has 15 heavy (non-hydrogen) atoms. The Hall–Kier alpha value is -0.0800. The van der Waals surface area contributed by atoms with Gasteiger partial charge in [-0.3, -0.25) is 0 Å². The van der Waals surface area contributed by atoms with Gasteiger partial charge in [0.05, 0.1) is 0 Å². The summed E-state index contributed by atoms with van der Waals surface area (Å²) in [4.78, 5) is 0. The SMILES string of the molecule is CCCCOCCC(NCCC)C(C)C. The monoisotopic (exact) mass is 215 g/mol. The molecule has 2 nitrogen and oxygen atoms in total. The Labute approximate surface area is 95.8 Å². The lowest BCUT2D eigenvalue weighted by Crippen LogP contribution is -2.35. The average Bonchev–Trinajstić information content (AvgIpc) is 2.21. The molecule has 0 aliphatic carbocycles. The number of ether oxygens (including phenoxy) is 1. The molecule has 0 fully saturated rings. The molecule has 0 aromatic carbocycles.